The molecule has 0 amide bonds. The van der Waals surface area contributed by atoms with E-state index in [-0.39, 0.29) is 0 Å². The van der Waals surface area contributed by atoms with E-state index in [1.807, 2.05) is 0 Å². The van der Waals surface area contributed by atoms with Crippen LogP contribution >= 0.6 is 0 Å². The summed E-state index contributed by atoms with van der Waals surface area (Å²) < 4.78 is 2.21. The summed E-state index contributed by atoms with van der Waals surface area (Å²) >= 11 is 0. The maximum atomic E-state index is 2.34. The molecular formula is C17H20BN2+. The average Bonchev–Trinajstić information content (AvgIpc) is 2.42. The number of benzene rings is 1. The van der Waals surface area contributed by atoms with Gasteiger partial charge in [-0.2, -0.15) is 0 Å². The van der Waals surface area contributed by atoms with Crippen molar-refractivity contribution in [2.24, 2.45) is 7.05 Å². The van der Waals surface area contributed by atoms with Crippen LogP contribution in [0.4, 0.5) is 5.82 Å². The third-order valence-corrected chi connectivity index (χ3v) is 4.11. The van der Waals surface area contributed by atoms with Crippen molar-refractivity contribution < 1.29 is 4.57 Å². The van der Waals surface area contributed by atoms with Crippen LogP contribution in [0.3, 0.4) is 0 Å². The lowest BCUT2D eigenvalue weighted by molar-refractivity contribution is -0.658. The topological polar surface area (TPSA) is 7.12 Å². The Hall–Kier alpha value is -2.03. The number of hydrogen-bond donors (Lipinski definition) is 0. The second kappa shape index (κ2) is 4.82. The highest BCUT2D eigenvalue weighted by Gasteiger charge is 2.27. The van der Waals surface area contributed by atoms with E-state index in [1.165, 1.54) is 27.4 Å². The van der Waals surface area contributed by atoms with Crippen molar-refractivity contribution in [3.05, 3.63) is 58.1 Å². The van der Waals surface area contributed by atoms with E-state index < -0.39 is 0 Å². The molecule has 0 radical (unpaired) electrons. The zero-order valence-electron chi connectivity index (χ0n) is 12.6. The highest BCUT2D eigenvalue weighted by Crippen LogP contribution is 2.16. The maximum absolute atomic E-state index is 2.34. The van der Waals surface area contributed by atoms with Crippen LogP contribution in [-0.4, -0.2) is 6.85 Å². The van der Waals surface area contributed by atoms with Gasteiger partial charge in [-0.1, -0.05) is 30.2 Å². The second-order valence-corrected chi connectivity index (χ2v) is 5.68. The minimum absolute atomic E-state index is 0.359. The van der Waals surface area contributed by atoms with E-state index in [0.717, 1.165) is 0 Å². The minimum Gasteiger partial charge on any atom is -0.293 e. The lowest BCUT2D eigenvalue weighted by Crippen LogP contribution is -2.48. The van der Waals surface area contributed by atoms with E-state index in [9.17, 15) is 0 Å². The van der Waals surface area contributed by atoms with E-state index in [0.29, 0.717) is 6.85 Å². The Morgan fingerprint density at radius 3 is 2.50 bits per heavy atom. The Labute approximate surface area is 120 Å². The summed E-state index contributed by atoms with van der Waals surface area (Å²) in [6.45, 7) is 6.93. The fraction of sp³-hybridized carbons (Fsp3) is 0.235. The van der Waals surface area contributed by atoms with Crippen molar-refractivity contribution in [3.8, 4) is 0 Å². The normalized spacial score (nSPS) is 13.6. The number of aryl methyl sites for hydroxylation is 3. The SMILES string of the molecule is CB1C=c2ccccc2=CN1c1cc(C)c(C)c[n+]1C. The zero-order valence-corrected chi connectivity index (χ0v) is 12.6. The van der Waals surface area contributed by atoms with Gasteiger partial charge in [0, 0.05) is 11.3 Å². The highest BCUT2D eigenvalue weighted by atomic mass is 15.2. The van der Waals surface area contributed by atoms with Crippen LogP contribution in [0.2, 0.25) is 6.82 Å². The lowest BCUT2D eigenvalue weighted by atomic mass is 9.61. The van der Waals surface area contributed by atoms with Crippen LogP contribution in [0.15, 0.2) is 36.5 Å². The molecular weight excluding hydrogens is 243 g/mol. The first-order valence-corrected chi connectivity index (χ1v) is 7.10. The molecule has 0 spiro atoms. The Morgan fingerprint density at radius 1 is 1.05 bits per heavy atom. The second-order valence-electron chi connectivity index (χ2n) is 5.68. The molecule has 0 aliphatic carbocycles. The predicted octanol–water partition coefficient (Wildman–Crippen LogP) is 1.33. The predicted molar refractivity (Wildman–Crippen MR) is 85.8 cm³/mol. The van der Waals surface area contributed by atoms with E-state index in [2.05, 4.69) is 85.8 Å². The summed E-state index contributed by atoms with van der Waals surface area (Å²) in [5.41, 5.74) is 2.66. The van der Waals surface area contributed by atoms with Gasteiger partial charge < -0.3 is 0 Å². The Balaban J connectivity index is 2.17. The van der Waals surface area contributed by atoms with Crippen LogP contribution in [0.1, 0.15) is 11.1 Å². The molecule has 0 bridgehead atoms. The first-order chi connectivity index (χ1) is 9.56. The third kappa shape index (κ3) is 2.13. The molecule has 1 aromatic heterocycles. The quantitative estimate of drug-likeness (QED) is 0.556. The smallest absolute Gasteiger partial charge is 0.293 e. The van der Waals surface area contributed by atoms with Gasteiger partial charge in [0.2, 0.25) is 0 Å². The summed E-state index contributed by atoms with van der Waals surface area (Å²) in [6.07, 6.45) is 4.45. The summed E-state index contributed by atoms with van der Waals surface area (Å²) in [4.78, 5) is 2.34. The molecule has 0 fully saturated rings. The molecule has 2 nitrogen and oxygen atoms in total. The molecule has 0 saturated carbocycles. The molecule has 3 rings (SSSR count). The fourth-order valence-corrected chi connectivity index (χ4v) is 2.79. The van der Waals surface area contributed by atoms with Crippen molar-refractivity contribution in [1.29, 1.82) is 0 Å². The highest BCUT2D eigenvalue weighted by molar-refractivity contribution is 6.76. The largest absolute Gasteiger partial charge is 0.402 e. The van der Waals surface area contributed by atoms with Crippen LogP contribution < -0.4 is 19.8 Å². The Bertz CT molecular complexity index is 780. The molecule has 0 unspecified atom stereocenters. The van der Waals surface area contributed by atoms with Gasteiger partial charge in [0.1, 0.15) is 0 Å². The molecule has 3 heteroatoms. The summed E-state index contributed by atoms with van der Waals surface area (Å²) in [6, 6.07) is 10.8. The number of hydrogen-bond acceptors (Lipinski definition) is 1. The van der Waals surface area contributed by atoms with Crippen LogP contribution in [0.25, 0.3) is 12.2 Å². The van der Waals surface area contributed by atoms with Crippen molar-refractivity contribution in [2.45, 2.75) is 20.7 Å². The van der Waals surface area contributed by atoms with Crippen molar-refractivity contribution >= 4 is 24.8 Å². The number of fused-ring (bicyclic) bond motifs is 1. The first kappa shape index (κ1) is 13.0. The van der Waals surface area contributed by atoms with Gasteiger partial charge in [-0.05, 0) is 37.0 Å². The van der Waals surface area contributed by atoms with Gasteiger partial charge in [-0.25, -0.2) is 4.57 Å². The summed E-state index contributed by atoms with van der Waals surface area (Å²) in [5, 5.41) is 2.60. The van der Waals surface area contributed by atoms with Gasteiger partial charge in [-0.3, -0.25) is 4.81 Å². The molecule has 0 N–H and O–H groups in total. The van der Waals surface area contributed by atoms with Crippen molar-refractivity contribution in [1.82, 2.24) is 0 Å². The fourth-order valence-electron chi connectivity index (χ4n) is 2.79. The van der Waals surface area contributed by atoms with E-state index >= 15 is 0 Å². The van der Waals surface area contributed by atoms with Gasteiger partial charge in [0.15, 0.2) is 0 Å². The number of pyridine rings is 1. The lowest BCUT2D eigenvalue weighted by Gasteiger charge is -2.20. The van der Waals surface area contributed by atoms with E-state index in [1.54, 1.807) is 0 Å². The van der Waals surface area contributed by atoms with Crippen LogP contribution in [-0.2, 0) is 7.05 Å². The van der Waals surface area contributed by atoms with Gasteiger partial charge in [0.05, 0.1) is 19.4 Å². The molecule has 1 aliphatic rings. The maximum Gasteiger partial charge on any atom is 0.402 e. The molecule has 1 aromatic carbocycles. The number of aromatic nitrogens is 1. The molecule has 2 heterocycles. The van der Waals surface area contributed by atoms with Crippen LogP contribution in [0, 0.1) is 13.8 Å². The van der Waals surface area contributed by atoms with Gasteiger partial charge in [-0.15, -0.1) is 0 Å². The number of nitrogens with zero attached hydrogens (tertiary/aromatic N) is 2. The number of anilines is 1. The molecule has 20 heavy (non-hydrogen) atoms. The van der Waals surface area contributed by atoms with E-state index in [4.69, 9.17) is 0 Å². The summed E-state index contributed by atoms with van der Waals surface area (Å²) in [5.74, 6) is 3.55. The molecule has 2 aromatic rings. The van der Waals surface area contributed by atoms with Gasteiger partial charge >= 0.3 is 6.85 Å². The first-order valence-electron chi connectivity index (χ1n) is 7.10. The zero-order chi connectivity index (χ0) is 14.3. The standard InChI is InChI=1S/C17H20BN2/c1-13-9-17(19(4)11-14(13)2)20-12-16-8-6-5-7-15(16)10-18(20)3/h5-12H,1-4H3/q+1. The summed E-state index contributed by atoms with van der Waals surface area (Å²) in [7, 11) is 2.11. The monoisotopic (exact) mass is 263 g/mol. The minimum atomic E-state index is 0.359. The molecule has 0 saturated heterocycles. The van der Waals surface area contributed by atoms with Crippen molar-refractivity contribution in [2.75, 3.05) is 4.81 Å². The average molecular weight is 263 g/mol. The number of rotatable bonds is 1. The third-order valence-electron chi connectivity index (χ3n) is 4.11. The molecule has 100 valence electrons. The van der Waals surface area contributed by atoms with Gasteiger partial charge in [0.25, 0.3) is 5.82 Å². The Morgan fingerprint density at radius 2 is 1.75 bits per heavy atom. The Kier molecular flexibility index (Phi) is 3.13. The van der Waals surface area contributed by atoms with Crippen LogP contribution in [0.5, 0.6) is 0 Å². The molecule has 1 aliphatic heterocycles. The molecule has 0 atom stereocenters. The van der Waals surface area contributed by atoms with Crippen molar-refractivity contribution in [3.63, 3.8) is 0 Å².